The molecule has 1 aliphatic rings. The molecule has 170 valence electrons. The predicted molar refractivity (Wildman–Crippen MR) is 114 cm³/mol. The van der Waals surface area contributed by atoms with E-state index in [1.54, 1.807) is 35.6 Å². The number of hydrogen-bond acceptors (Lipinski definition) is 4. The molecular formula is C24H22F3N5O. The van der Waals surface area contributed by atoms with Gasteiger partial charge in [0.1, 0.15) is 11.5 Å². The van der Waals surface area contributed by atoms with Gasteiger partial charge in [0, 0.05) is 50.6 Å². The van der Waals surface area contributed by atoms with Crippen LogP contribution in [0.5, 0.6) is 0 Å². The number of imidazole rings is 1. The van der Waals surface area contributed by atoms with E-state index in [2.05, 4.69) is 16.0 Å². The van der Waals surface area contributed by atoms with Gasteiger partial charge in [-0.2, -0.15) is 18.4 Å². The van der Waals surface area contributed by atoms with Gasteiger partial charge in [-0.25, -0.2) is 4.98 Å². The van der Waals surface area contributed by atoms with Gasteiger partial charge in [0.15, 0.2) is 0 Å². The largest absolute Gasteiger partial charge is 0.416 e. The number of fused-ring (bicyclic) bond motifs is 1. The van der Waals surface area contributed by atoms with Gasteiger partial charge in [-0.1, -0.05) is 24.3 Å². The highest BCUT2D eigenvalue weighted by Crippen LogP contribution is 2.34. The molecule has 0 radical (unpaired) electrons. The third kappa shape index (κ3) is 5.22. The highest BCUT2D eigenvalue weighted by molar-refractivity contribution is 5.92. The molecule has 33 heavy (non-hydrogen) atoms. The second-order valence-electron chi connectivity index (χ2n) is 8.05. The first kappa shape index (κ1) is 22.5. The molecule has 0 aliphatic carbocycles. The van der Waals surface area contributed by atoms with Gasteiger partial charge in [-0.3, -0.25) is 9.78 Å². The summed E-state index contributed by atoms with van der Waals surface area (Å²) in [5, 5.41) is 8.98. The number of rotatable bonds is 6. The van der Waals surface area contributed by atoms with Gasteiger partial charge in [0.25, 0.3) is 5.91 Å². The van der Waals surface area contributed by atoms with Crippen molar-refractivity contribution in [2.75, 3.05) is 6.54 Å². The summed E-state index contributed by atoms with van der Waals surface area (Å²) in [6.45, 7) is 1.03. The normalized spacial score (nSPS) is 15.5. The maximum atomic E-state index is 13.2. The van der Waals surface area contributed by atoms with Crippen LogP contribution in [0, 0.1) is 11.3 Å². The van der Waals surface area contributed by atoms with Gasteiger partial charge in [0.05, 0.1) is 18.1 Å². The van der Waals surface area contributed by atoms with Crippen LogP contribution in [0.1, 0.15) is 51.8 Å². The zero-order valence-electron chi connectivity index (χ0n) is 17.8. The molecule has 3 aromatic rings. The fourth-order valence-electron chi connectivity index (χ4n) is 4.10. The van der Waals surface area contributed by atoms with Crippen LogP contribution in [0.25, 0.3) is 0 Å². The molecule has 3 heterocycles. The summed E-state index contributed by atoms with van der Waals surface area (Å²) in [5.41, 5.74) is 1.09. The number of nitrogens with zero attached hydrogens (tertiary/aromatic N) is 5. The fourth-order valence-corrected chi connectivity index (χ4v) is 4.10. The van der Waals surface area contributed by atoms with Crippen LogP contribution in [0.4, 0.5) is 13.2 Å². The van der Waals surface area contributed by atoms with Gasteiger partial charge >= 0.3 is 6.18 Å². The first-order chi connectivity index (χ1) is 15.8. The average Bonchev–Trinajstić information content (AvgIpc) is 3.25. The molecule has 1 aromatic carbocycles. The molecular weight excluding hydrogens is 431 g/mol. The lowest BCUT2D eigenvalue weighted by atomic mass is 9.90. The lowest BCUT2D eigenvalue weighted by molar-refractivity contribution is -0.137. The second kappa shape index (κ2) is 9.45. The lowest BCUT2D eigenvalue weighted by Gasteiger charge is -2.24. The smallest absolute Gasteiger partial charge is 0.333 e. The molecule has 1 atom stereocenters. The van der Waals surface area contributed by atoms with Crippen molar-refractivity contribution < 1.29 is 18.0 Å². The van der Waals surface area contributed by atoms with Gasteiger partial charge in [0.2, 0.25) is 0 Å². The maximum absolute atomic E-state index is 13.2. The zero-order chi connectivity index (χ0) is 23.4. The van der Waals surface area contributed by atoms with Crippen molar-refractivity contribution in [3.63, 3.8) is 0 Å². The van der Waals surface area contributed by atoms with Crippen molar-refractivity contribution in [3.8, 4) is 6.07 Å². The van der Waals surface area contributed by atoms with E-state index in [9.17, 15) is 18.0 Å². The summed E-state index contributed by atoms with van der Waals surface area (Å²) in [6.07, 6.45) is 2.01. The fraction of sp³-hybridized carbons (Fsp3) is 0.333. The minimum absolute atomic E-state index is 0.0953. The quantitative estimate of drug-likeness (QED) is 0.548. The SMILES string of the molecule is N#CCCN(Cc1cccnc1)C(=O)c1cn2c(n1)CCC(c1cccc(C(F)(F)F)c1)C2. The molecule has 1 unspecified atom stereocenters. The van der Waals surface area contributed by atoms with Gasteiger partial charge in [-0.15, -0.1) is 0 Å². The van der Waals surface area contributed by atoms with Gasteiger partial charge in [-0.05, 0) is 29.7 Å². The zero-order valence-corrected chi connectivity index (χ0v) is 17.8. The Hall–Kier alpha value is -3.67. The molecule has 0 fully saturated rings. The van der Waals surface area contributed by atoms with Crippen molar-refractivity contribution in [1.82, 2.24) is 19.4 Å². The summed E-state index contributed by atoms with van der Waals surface area (Å²) in [4.78, 5) is 23.3. The predicted octanol–water partition coefficient (Wildman–Crippen LogP) is 4.58. The number of carbonyl (C=O) groups is 1. The molecule has 1 aliphatic heterocycles. The molecule has 0 saturated carbocycles. The summed E-state index contributed by atoms with van der Waals surface area (Å²) in [6, 6.07) is 11.1. The van der Waals surface area contributed by atoms with E-state index in [4.69, 9.17) is 5.26 Å². The molecule has 2 aromatic heterocycles. The number of pyridine rings is 1. The van der Waals surface area contributed by atoms with Crippen molar-refractivity contribution in [2.45, 2.75) is 44.4 Å². The summed E-state index contributed by atoms with van der Waals surface area (Å²) < 4.78 is 41.2. The Labute approximate surface area is 189 Å². The molecule has 6 nitrogen and oxygen atoms in total. The van der Waals surface area contributed by atoms with Crippen LogP contribution in [0.15, 0.2) is 55.0 Å². The lowest BCUT2D eigenvalue weighted by Crippen LogP contribution is -2.31. The number of aromatic nitrogens is 3. The Morgan fingerprint density at radius 1 is 1.27 bits per heavy atom. The van der Waals surface area contributed by atoms with Crippen LogP contribution in [-0.2, 0) is 25.7 Å². The molecule has 0 N–H and O–H groups in total. The Kier molecular flexibility index (Phi) is 6.45. The number of aryl methyl sites for hydroxylation is 1. The number of alkyl halides is 3. The van der Waals surface area contributed by atoms with E-state index in [0.717, 1.165) is 17.5 Å². The number of nitriles is 1. The molecule has 9 heteroatoms. The van der Waals surface area contributed by atoms with Gasteiger partial charge < -0.3 is 9.47 Å². The maximum Gasteiger partial charge on any atom is 0.416 e. The third-order valence-corrected chi connectivity index (χ3v) is 5.77. The number of amides is 1. The minimum Gasteiger partial charge on any atom is -0.333 e. The number of benzene rings is 1. The Bertz CT molecular complexity index is 1170. The van der Waals surface area contributed by atoms with E-state index in [1.807, 2.05) is 10.6 Å². The number of hydrogen-bond donors (Lipinski definition) is 0. The standard InChI is InChI=1S/C24H22F3N5O/c25-24(26,27)20-6-1-5-18(12-20)19-7-8-22-30-21(16-32(22)15-19)23(33)31(11-3-9-28)14-17-4-2-10-29-13-17/h1-2,4-6,10,12-13,16,19H,3,7-8,11,14-15H2. The first-order valence-corrected chi connectivity index (χ1v) is 10.6. The number of carbonyl (C=O) groups excluding carboxylic acids is 1. The molecule has 0 bridgehead atoms. The van der Waals surface area contributed by atoms with Crippen LogP contribution >= 0.6 is 0 Å². The molecule has 0 spiro atoms. The molecule has 4 rings (SSSR count). The van der Waals surface area contributed by atoms with E-state index >= 15 is 0 Å². The van der Waals surface area contributed by atoms with Crippen LogP contribution in [0.2, 0.25) is 0 Å². The third-order valence-electron chi connectivity index (χ3n) is 5.77. The van der Waals surface area contributed by atoms with E-state index < -0.39 is 11.7 Å². The Morgan fingerprint density at radius 2 is 2.12 bits per heavy atom. The highest BCUT2D eigenvalue weighted by atomic mass is 19.4. The van der Waals surface area contributed by atoms with E-state index in [0.29, 0.717) is 31.5 Å². The minimum atomic E-state index is -4.38. The molecule has 1 amide bonds. The van der Waals surface area contributed by atoms with Crippen LogP contribution in [0.3, 0.4) is 0 Å². The average molecular weight is 453 g/mol. The van der Waals surface area contributed by atoms with Crippen molar-refractivity contribution in [2.24, 2.45) is 0 Å². The second-order valence-corrected chi connectivity index (χ2v) is 8.05. The van der Waals surface area contributed by atoms with Crippen LogP contribution in [-0.4, -0.2) is 31.9 Å². The van der Waals surface area contributed by atoms with E-state index in [1.165, 1.54) is 12.1 Å². The first-order valence-electron chi connectivity index (χ1n) is 10.6. The summed E-state index contributed by atoms with van der Waals surface area (Å²) in [7, 11) is 0. The van der Waals surface area contributed by atoms with Crippen LogP contribution < -0.4 is 0 Å². The number of halogens is 3. The van der Waals surface area contributed by atoms with Crippen molar-refractivity contribution in [3.05, 3.63) is 83.2 Å². The van der Waals surface area contributed by atoms with Crippen molar-refractivity contribution in [1.29, 1.82) is 5.26 Å². The Morgan fingerprint density at radius 3 is 2.85 bits per heavy atom. The van der Waals surface area contributed by atoms with E-state index in [-0.39, 0.29) is 30.5 Å². The Balaban J connectivity index is 1.52. The summed E-state index contributed by atoms with van der Waals surface area (Å²) >= 11 is 0. The molecule has 0 saturated heterocycles. The monoisotopic (exact) mass is 453 g/mol. The highest BCUT2D eigenvalue weighted by Gasteiger charge is 2.32. The van der Waals surface area contributed by atoms with Crippen molar-refractivity contribution >= 4 is 5.91 Å². The summed E-state index contributed by atoms with van der Waals surface area (Å²) in [5.74, 6) is 0.358. The topological polar surface area (TPSA) is 74.8 Å².